The summed E-state index contributed by atoms with van der Waals surface area (Å²) in [6.45, 7) is -0.118. The van der Waals surface area contributed by atoms with Crippen molar-refractivity contribution in [3.63, 3.8) is 0 Å². The van der Waals surface area contributed by atoms with Gasteiger partial charge in [0.25, 0.3) is 0 Å². The molecule has 0 aromatic heterocycles. The lowest BCUT2D eigenvalue weighted by Gasteiger charge is -2.16. The number of hydrogen-bond acceptors (Lipinski definition) is 5. The van der Waals surface area contributed by atoms with E-state index in [1.54, 1.807) is 0 Å². The molecular weight excluding hydrogens is 210 g/mol. The van der Waals surface area contributed by atoms with E-state index in [0.717, 1.165) is 5.56 Å². The lowest BCUT2D eigenvalue weighted by Crippen LogP contribution is -2.27. The highest BCUT2D eigenvalue weighted by Crippen LogP contribution is 2.34. The number of rotatable bonds is 5. The number of nitrogens with two attached hydrogens (primary N) is 1. The summed E-state index contributed by atoms with van der Waals surface area (Å²) in [6, 6.07) is 2.59. The molecule has 5 heteroatoms. The monoisotopic (exact) mass is 227 g/mol. The summed E-state index contributed by atoms with van der Waals surface area (Å²) in [6.07, 6.45) is 0.420. The normalized spacial score (nSPS) is 12.2. The van der Waals surface area contributed by atoms with Crippen LogP contribution in [0.2, 0.25) is 0 Å². The molecule has 0 saturated heterocycles. The number of phenolic OH excluding ortho intramolecular Hbond substituents is 1. The number of aliphatic hydroxyl groups excluding tert-OH is 1. The smallest absolute Gasteiger partial charge is 0.129 e. The second-order valence-corrected chi connectivity index (χ2v) is 3.48. The van der Waals surface area contributed by atoms with Gasteiger partial charge in [-0.05, 0) is 6.42 Å². The van der Waals surface area contributed by atoms with Crippen molar-refractivity contribution < 1.29 is 19.7 Å². The molecule has 0 aliphatic carbocycles. The fourth-order valence-electron chi connectivity index (χ4n) is 1.50. The summed E-state index contributed by atoms with van der Waals surface area (Å²) < 4.78 is 10.3. The maximum atomic E-state index is 9.43. The zero-order chi connectivity index (χ0) is 12.1. The van der Waals surface area contributed by atoms with Crippen LogP contribution in [0, 0.1) is 0 Å². The Hall–Kier alpha value is -1.46. The molecule has 16 heavy (non-hydrogen) atoms. The topological polar surface area (TPSA) is 84.9 Å². The van der Waals surface area contributed by atoms with Crippen LogP contribution in [0.25, 0.3) is 0 Å². The van der Waals surface area contributed by atoms with Crippen LogP contribution in [-0.2, 0) is 6.42 Å². The van der Waals surface area contributed by atoms with Crippen molar-refractivity contribution in [1.82, 2.24) is 0 Å². The van der Waals surface area contributed by atoms with Crippen LogP contribution in [0.3, 0.4) is 0 Å². The zero-order valence-corrected chi connectivity index (χ0v) is 9.43. The first-order valence-corrected chi connectivity index (χ1v) is 4.92. The standard InChI is InChI=1S/C11H17NO4/c1-15-10-4-8(14)5-11(16-2)9(10)3-7(12)6-13/h4-5,7,13-14H,3,6,12H2,1-2H3. The highest BCUT2D eigenvalue weighted by atomic mass is 16.5. The summed E-state index contributed by atoms with van der Waals surface area (Å²) in [7, 11) is 3.00. The van der Waals surface area contributed by atoms with Crippen LogP contribution in [-0.4, -0.2) is 37.1 Å². The van der Waals surface area contributed by atoms with Crippen LogP contribution >= 0.6 is 0 Å². The van der Waals surface area contributed by atoms with Gasteiger partial charge >= 0.3 is 0 Å². The predicted octanol–water partition coefficient (Wildman–Crippen LogP) is 0.272. The molecule has 90 valence electrons. The summed E-state index contributed by atoms with van der Waals surface area (Å²) in [5.41, 5.74) is 6.41. The van der Waals surface area contributed by atoms with Crippen molar-refractivity contribution in [3.05, 3.63) is 17.7 Å². The molecule has 0 saturated carbocycles. The lowest BCUT2D eigenvalue weighted by atomic mass is 10.0. The van der Waals surface area contributed by atoms with E-state index in [1.165, 1.54) is 26.4 Å². The number of aromatic hydroxyl groups is 1. The second-order valence-electron chi connectivity index (χ2n) is 3.48. The summed E-state index contributed by atoms with van der Waals surface area (Å²) in [4.78, 5) is 0. The maximum absolute atomic E-state index is 9.43. The van der Waals surface area contributed by atoms with Gasteiger partial charge in [-0.3, -0.25) is 0 Å². The van der Waals surface area contributed by atoms with E-state index in [2.05, 4.69) is 0 Å². The van der Waals surface area contributed by atoms with Gasteiger partial charge in [0.15, 0.2) is 0 Å². The molecule has 0 amide bonds. The third-order valence-corrected chi connectivity index (χ3v) is 2.29. The van der Waals surface area contributed by atoms with Crippen LogP contribution in [0.5, 0.6) is 17.2 Å². The van der Waals surface area contributed by atoms with Crippen molar-refractivity contribution in [3.8, 4) is 17.2 Å². The van der Waals surface area contributed by atoms with E-state index in [9.17, 15) is 5.11 Å². The van der Waals surface area contributed by atoms with Gasteiger partial charge < -0.3 is 25.4 Å². The molecule has 0 aliphatic heterocycles. The number of methoxy groups -OCH3 is 2. The predicted molar refractivity (Wildman–Crippen MR) is 60.0 cm³/mol. The average molecular weight is 227 g/mol. The number of benzene rings is 1. The zero-order valence-electron chi connectivity index (χ0n) is 9.43. The highest BCUT2D eigenvalue weighted by Gasteiger charge is 2.15. The summed E-state index contributed by atoms with van der Waals surface area (Å²) >= 11 is 0. The Kier molecular flexibility index (Phi) is 4.39. The molecule has 0 bridgehead atoms. The van der Waals surface area contributed by atoms with Gasteiger partial charge in [0.1, 0.15) is 17.2 Å². The minimum Gasteiger partial charge on any atom is -0.508 e. The minimum atomic E-state index is -0.382. The Morgan fingerprint density at radius 3 is 2.12 bits per heavy atom. The third-order valence-electron chi connectivity index (χ3n) is 2.29. The average Bonchev–Trinajstić information content (AvgIpc) is 2.30. The first kappa shape index (κ1) is 12.6. The first-order valence-electron chi connectivity index (χ1n) is 4.92. The van der Waals surface area contributed by atoms with Gasteiger partial charge in [-0.2, -0.15) is 0 Å². The Morgan fingerprint density at radius 2 is 1.75 bits per heavy atom. The molecule has 0 radical (unpaired) electrons. The molecule has 1 aromatic rings. The van der Waals surface area contributed by atoms with Crippen LogP contribution in [0.4, 0.5) is 0 Å². The third kappa shape index (κ3) is 2.77. The largest absolute Gasteiger partial charge is 0.508 e. The van der Waals surface area contributed by atoms with Gasteiger partial charge in [-0.15, -0.1) is 0 Å². The van der Waals surface area contributed by atoms with Crippen molar-refractivity contribution in [2.24, 2.45) is 5.73 Å². The summed E-state index contributed by atoms with van der Waals surface area (Å²) in [5, 5.41) is 18.4. The van der Waals surface area contributed by atoms with E-state index in [-0.39, 0.29) is 18.4 Å². The van der Waals surface area contributed by atoms with Gasteiger partial charge in [0.05, 0.1) is 20.8 Å². The van der Waals surface area contributed by atoms with Crippen molar-refractivity contribution >= 4 is 0 Å². The van der Waals surface area contributed by atoms with E-state index in [1.807, 2.05) is 0 Å². The molecule has 0 aliphatic rings. The Morgan fingerprint density at radius 1 is 1.25 bits per heavy atom. The fraction of sp³-hybridized carbons (Fsp3) is 0.455. The Bertz CT molecular complexity index is 329. The van der Waals surface area contributed by atoms with Crippen molar-refractivity contribution in [2.45, 2.75) is 12.5 Å². The van der Waals surface area contributed by atoms with Gasteiger partial charge in [-0.25, -0.2) is 0 Å². The molecule has 0 spiro atoms. The van der Waals surface area contributed by atoms with Gasteiger partial charge in [0.2, 0.25) is 0 Å². The SMILES string of the molecule is COc1cc(O)cc(OC)c1CC(N)CO. The molecule has 1 unspecified atom stereocenters. The Labute approximate surface area is 94.4 Å². The molecule has 4 N–H and O–H groups in total. The maximum Gasteiger partial charge on any atom is 0.129 e. The fourth-order valence-corrected chi connectivity index (χ4v) is 1.50. The quantitative estimate of drug-likeness (QED) is 0.672. The number of aliphatic hydroxyl groups is 1. The number of hydrogen-bond donors (Lipinski definition) is 3. The summed E-state index contributed by atoms with van der Waals surface area (Å²) in [5.74, 6) is 1.07. The van der Waals surface area contributed by atoms with Crippen LogP contribution in [0.15, 0.2) is 12.1 Å². The van der Waals surface area contributed by atoms with Crippen molar-refractivity contribution in [2.75, 3.05) is 20.8 Å². The molecule has 0 heterocycles. The number of ether oxygens (including phenoxy) is 2. The number of phenols is 1. The van der Waals surface area contributed by atoms with Gasteiger partial charge in [-0.1, -0.05) is 0 Å². The van der Waals surface area contributed by atoms with Crippen LogP contribution in [0.1, 0.15) is 5.56 Å². The van der Waals surface area contributed by atoms with Gasteiger partial charge in [0, 0.05) is 23.7 Å². The molecule has 1 rings (SSSR count). The highest BCUT2D eigenvalue weighted by molar-refractivity contribution is 5.50. The lowest BCUT2D eigenvalue weighted by molar-refractivity contribution is 0.263. The Balaban J connectivity index is 3.11. The molecule has 1 atom stereocenters. The van der Waals surface area contributed by atoms with Crippen molar-refractivity contribution in [1.29, 1.82) is 0 Å². The van der Waals surface area contributed by atoms with E-state index in [0.29, 0.717) is 17.9 Å². The van der Waals surface area contributed by atoms with Crippen LogP contribution < -0.4 is 15.2 Å². The van der Waals surface area contributed by atoms with E-state index < -0.39 is 0 Å². The molecular formula is C11H17NO4. The van der Waals surface area contributed by atoms with E-state index >= 15 is 0 Å². The molecule has 5 nitrogen and oxygen atoms in total. The second kappa shape index (κ2) is 5.58. The molecule has 1 aromatic carbocycles. The van der Waals surface area contributed by atoms with E-state index in [4.69, 9.17) is 20.3 Å². The first-order chi connectivity index (χ1) is 7.62. The minimum absolute atomic E-state index is 0.0648. The molecule has 0 fully saturated rings.